The van der Waals surface area contributed by atoms with Crippen LogP contribution in [0.4, 0.5) is 5.13 Å². The molecule has 0 aliphatic rings. The Labute approximate surface area is 126 Å². The van der Waals surface area contributed by atoms with Crippen LogP contribution in [0.15, 0.2) is 30.3 Å². The quantitative estimate of drug-likeness (QED) is 0.885. The molecule has 1 atom stereocenters. The highest BCUT2D eigenvalue weighted by Crippen LogP contribution is 2.25. The number of carbonyl (C=O) groups is 2. The Bertz CT molecular complexity index is 627. The average Bonchev–Trinajstić information content (AvgIpc) is 2.96. The molecule has 2 rings (SSSR count). The van der Waals surface area contributed by atoms with Crippen molar-refractivity contribution in [2.45, 2.75) is 26.3 Å². The summed E-state index contributed by atoms with van der Waals surface area (Å²) >= 11 is 1.29. The molecule has 0 radical (unpaired) electrons. The molecule has 2 amide bonds. The van der Waals surface area contributed by atoms with Gasteiger partial charge in [0.15, 0.2) is 0 Å². The standard InChI is InChI=1S/C14H16N4O2S/c1-3-11(19)15-9(2)12(20)16-14-18-17-13(21-14)10-7-5-4-6-8-10/h4-9H,3H2,1-2H3,(H,15,19)(H,16,18,20). The van der Waals surface area contributed by atoms with Crippen LogP contribution in [0.3, 0.4) is 0 Å². The van der Waals surface area contributed by atoms with Crippen LogP contribution in [-0.4, -0.2) is 28.1 Å². The van der Waals surface area contributed by atoms with Crippen LogP contribution in [0.5, 0.6) is 0 Å². The van der Waals surface area contributed by atoms with Crippen molar-refractivity contribution in [1.82, 2.24) is 15.5 Å². The third-order valence-corrected chi connectivity index (χ3v) is 3.66. The zero-order chi connectivity index (χ0) is 15.2. The number of amides is 2. The second kappa shape index (κ2) is 6.94. The minimum Gasteiger partial charge on any atom is -0.345 e. The molecule has 110 valence electrons. The van der Waals surface area contributed by atoms with E-state index in [9.17, 15) is 9.59 Å². The van der Waals surface area contributed by atoms with Gasteiger partial charge in [-0.15, -0.1) is 10.2 Å². The van der Waals surface area contributed by atoms with Gasteiger partial charge in [0, 0.05) is 12.0 Å². The summed E-state index contributed by atoms with van der Waals surface area (Å²) in [6.45, 7) is 3.36. The summed E-state index contributed by atoms with van der Waals surface area (Å²) in [5.74, 6) is -0.479. The van der Waals surface area contributed by atoms with E-state index in [1.807, 2.05) is 30.3 Å². The molecule has 0 saturated heterocycles. The molecule has 0 spiro atoms. The fourth-order valence-electron chi connectivity index (χ4n) is 1.59. The third kappa shape index (κ3) is 4.09. The molecule has 2 N–H and O–H groups in total. The molecule has 1 aromatic carbocycles. The van der Waals surface area contributed by atoms with E-state index in [-0.39, 0.29) is 11.8 Å². The van der Waals surface area contributed by atoms with Crippen molar-refractivity contribution in [2.75, 3.05) is 5.32 Å². The lowest BCUT2D eigenvalue weighted by atomic mass is 10.2. The van der Waals surface area contributed by atoms with Crippen molar-refractivity contribution < 1.29 is 9.59 Å². The molecule has 1 unspecified atom stereocenters. The lowest BCUT2D eigenvalue weighted by Crippen LogP contribution is -2.41. The fourth-order valence-corrected chi connectivity index (χ4v) is 2.35. The van der Waals surface area contributed by atoms with E-state index in [2.05, 4.69) is 20.8 Å². The maximum atomic E-state index is 11.9. The predicted molar refractivity (Wildman–Crippen MR) is 81.9 cm³/mol. The third-order valence-electron chi connectivity index (χ3n) is 2.77. The number of hydrogen-bond acceptors (Lipinski definition) is 5. The van der Waals surface area contributed by atoms with Gasteiger partial charge in [-0.2, -0.15) is 0 Å². The van der Waals surface area contributed by atoms with Gasteiger partial charge >= 0.3 is 0 Å². The SMILES string of the molecule is CCC(=O)NC(C)C(=O)Nc1nnc(-c2ccccc2)s1. The molecule has 7 heteroatoms. The predicted octanol–water partition coefficient (Wildman–Crippen LogP) is 2.06. The highest BCUT2D eigenvalue weighted by atomic mass is 32.1. The maximum absolute atomic E-state index is 11.9. The first-order chi connectivity index (χ1) is 10.1. The van der Waals surface area contributed by atoms with Crippen molar-refractivity contribution in [3.05, 3.63) is 30.3 Å². The summed E-state index contributed by atoms with van der Waals surface area (Å²) in [5.41, 5.74) is 0.947. The Morgan fingerprint density at radius 1 is 1.24 bits per heavy atom. The van der Waals surface area contributed by atoms with E-state index in [4.69, 9.17) is 0 Å². The molecular weight excluding hydrogens is 288 g/mol. The van der Waals surface area contributed by atoms with E-state index in [1.165, 1.54) is 11.3 Å². The molecule has 1 aromatic heterocycles. The number of benzene rings is 1. The molecule has 0 fully saturated rings. The van der Waals surface area contributed by atoms with Gasteiger partial charge in [-0.25, -0.2) is 0 Å². The summed E-state index contributed by atoms with van der Waals surface area (Å²) in [7, 11) is 0. The second-order valence-corrected chi connectivity index (χ2v) is 5.39. The number of anilines is 1. The minimum absolute atomic E-state index is 0.167. The van der Waals surface area contributed by atoms with Crippen LogP contribution in [0.2, 0.25) is 0 Å². The molecule has 0 aliphatic carbocycles. The number of aromatic nitrogens is 2. The van der Waals surface area contributed by atoms with Crippen molar-refractivity contribution in [1.29, 1.82) is 0 Å². The minimum atomic E-state index is -0.610. The molecular formula is C14H16N4O2S. The van der Waals surface area contributed by atoms with E-state index in [1.54, 1.807) is 13.8 Å². The zero-order valence-corrected chi connectivity index (χ0v) is 12.6. The number of rotatable bonds is 5. The van der Waals surface area contributed by atoms with Gasteiger partial charge < -0.3 is 5.32 Å². The Morgan fingerprint density at radius 3 is 2.62 bits per heavy atom. The van der Waals surface area contributed by atoms with E-state index >= 15 is 0 Å². The maximum Gasteiger partial charge on any atom is 0.248 e. The largest absolute Gasteiger partial charge is 0.345 e. The van der Waals surface area contributed by atoms with E-state index in [0.717, 1.165) is 10.6 Å². The monoisotopic (exact) mass is 304 g/mol. The topological polar surface area (TPSA) is 84.0 Å². The van der Waals surface area contributed by atoms with Gasteiger partial charge in [-0.3, -0.25) is 14.9 Å². The normalized spacial score (nSPS) is 11.7. The van der Waals surface area contributed by atoms with Gasteiger partial charge in [0.05, 0.1) is 0 Å². The van der Waals surface area contributed by atoms with Crippen LogP contribution >= 0.6 is 11.3 Å². The lowest BCUT2D eigenvalue weighted by Gasteiger charge is -2.11. The smallest absolute Gasteiger partial charge is 0.248 e. The van der Waals surface area contributed by atoms with Crippen molar-refractivity contribution in [2.24, 2.45) is 0 Å². The van der Waals surface area contributed by atoms with Crippen LogP contribution in [0.25, 0.3) is 10.6 Å². The molecule has 21 heavy (non-hydrogen) atoms. The number of hydrogen-bond donors (Lipinski definition) is 2. The van der Waals surface area contributed by atoms with Crippen molar-refractivity contribution >= 4 is 28.3 Å². The Hall–Kier alpha value is -2.28. The Kier molecular flexibility index (Phi) is 4.99. The van der Waals surface area contributed by atoms with Gasteiger partial charge in [0.1, 0.15) is 11.0 Å². The first-order valence-corrected chi connectivity index (χ1v) is 7.41. The zero-order valence-electron chi connectivity index (χ0n) is 11.8. The summed E-state index contributed by atoms with van der Waals surface area (Å²) in [5, 5.41) is 14.4. The molecule has 0 aliphatic heterocycles. The number of nitrogens with zero attached hydrogens (tertiary/aromatic N) is 2. The first-order valence-electron chi connectivity index (χ1n) is 6.59. The van der Waals surface area contributed by atoms with E-state index in [0.29, 0.717) is 11.6 Å². The number of nitrogens with one attached hydrogen (secondary N) is 2. The summed E-state index contributed by atoms with van der Waals surface area (Å²) < 4.78 is 0. The Morgan fingerprint density at radius 2 is 1.95 bits per heavy atom. The first kappa shape index (κ1) is 15.1. The van der Waals surface area contributed by atoms with Gasteiger partial charge in [0.2, 0.25) is 16.9 Å². The molecule has 2 aromatic rings. The summed E-state index contributed by atoms with van der Waals surface area (Å²) in [6, 6.07) is 8.99. The number of carbonyl (C=O) groups excluding carboxylic acids is 2. The fraction of sp³-hybridized carbons (Fsp3) is 0.286. The summed E-state index contributed by atoms with van der Waals surface area (Å²) in [6.07, 6.45) is 0.342. The second-order valence-electron chi connectivity index (χ2n) is 4.41. The summed E-state index contributed by atoms with van der Waals surface area (Å²) in [4.78, 5) is 23.2. The van der Waals surface area contributed by atoms with Crippen LogP contribution in [0.1, 0.15) is 20.3 Å². The van der Waals surface area contributed by atoms with Gasteiger partial charge in [-0.1, -0.05) is 48.6 Å². The Balaban J connectivity index is 1.99. The van der Waals surface area contributed by atoms with Gasteiger partial charge in [-0.05, 0) is 6.92 Å². The molecule has 1 heterocycles. The highest BCUT2D eigenvalue weighted by molar-refractivity contribution is 7.18. The van der Waals surface area contributed by atoms with Gasteiger partial charge in [0.25, 0.3) is 0 Å². The van der Waals surface area contributed by atoms with Crippen molar-refractivity contribution in [3.8, 4) is 10.6 Å². The van der Waals surface area contributed by atoms with Crippen LogP contribution in [-0.2, 0) is 9.59 Å². The average molecular weight is 304 g/mol. The van der Waals surface area contributed by atoms with E-state index < -0.39 is 6.04 Å². The molecule has 6 nitrogen and oxygen atoms in total. The highest BCUT2D eigenvalue weighted by Gasteiger charge is 2.16. The van der Waals surface area contributed by atoms with Crippen LogP contribution < -0.4 is 10.6 Å². The lowest BCUT2D eigenvalue weighted by molar-refractivity contribution is -0.125. The molecule has 0 saturated carbocycles. The van der Waals surface area contributed by atoms with Crippen molar-refractivity contribution in [3.63, 3.8) is 0 Å². The molecule has 0 bridgehead atoms. The van der Waals surface area contributed by atoms with Crippen LogP contribution in [0, 0.1) is 0 Å².